The molecule has 1 aromatic heterocycles. The van der Waals surface area contributed by atoms with Gasteiger partial charge in [-0.15, -0.1) is 0 Å². The van der Waals surface area contributed by atoms with Crippen LogP contribution in [0.4, 0.5) is 0 Å². The first-order chi connectivity index (χ1) is 9.19. The maximum absolute atomic E-state index is 6.18. The molecule has 0 fully saturated rings. The summed E-state index contributed by atoms with van der Waals surface area (Å²) in [5.41, 5.74) is 3.89. The lowest BCUT2D eigenvalue weighted by Crippen LogP contribution is -2.24. The molecule has 0 amide bonds. The van der Waals surface area contributed by atoms with Gasteiger partial charge in [0.05, 0.1) is 0 Å². The van der Waals surface area contributed by atoms with Crippen molar-refractivity contribution in [3.63, 3.8) is 0 Å². The maximum atomic E-state index is 6.18. The van der Waals surface area contributed by atoms with Gasteiger partial charge in [-0.05, 0) is 72.0 Å². The second-order valence-corrected chi connectivity index (χ2v) is 6.12. The van der Waals surface area contributed by atoms with E-state index in [1.165, 1.54) is 16.7 Å². The second-order valence-electron chi connectivity index (χ2n) is 4.90. The van der Waals surface area contributed by atoms with Gasteiger partial charge < -0.3 is 5.32 Å². The molecule has 0 aliphatic carbocycles. The highest BCUT2D eigenvalue weighted by atomic mass is 35.5. The van der Waals surface area contributed by atoms with E-state index in [1.807, 2.05) is 6.07 Å². The smallest absolute Gasteiger partial charge is 0.0411 e. The van der Waals surface area contributed by atoms with E-state index < -0.39 is 0 Å². The molecule has 3 heteroatoms. The van der Waals surface area contributed by atoms with Crippen molar-refractivity contribution in [1.82, 2.24) is 5.32 Å². The fraction of sp³-hybridized carbons (Fsp3) is 0.375. The van der Waals surface area contributed by atoms with Crippen LogP contribution in [0.25, 0.3) is 0 Å². The Morgan fingerprint density at radius 1 is 1.32 bits per heavy atom. The number of nitrogens with one attached hydrogen (secondary N) is 1. The second kappa shape index (κ2) is 7.09. The molecule has 1 heterocycles. The fourth-order valence-corrected chi connectivity index (χ4v) is 3.22. The van der Waals surface area contributed by atoms with Crippen LogP contribution in [0.15, 0.2) is 35.0 Å². The van der Waals surface area contributed by atoms with E-state index in [4.69, 9.17) is 11.6 Å². The first kappa shape index (κ1) is 14.6. The Bertz CT molecular complexity index is 487. The molecule has 2 aromatic rings. The van der Waals surface area contributed by atoms with Gasteiger partial charge in [-0.1, -0.05) is 24.6 Å². The first-order valence-corrected chi connectivity index (χ1v) is 8.02. The lowest BCUT2D eigenvalue weighted by molar-refractivity contribution is 0.529. The fourth-order valence-electron chi connectivity index (χ4n) is 2.24. The average molecular weight is 294 g/mol. The number of rotatable bonds is 6. The van der Waals surface area contributed by atoms with Crippen LogP contribution in [-0.4, -0.2) is 6.54 Å². The summed E-state index contributed by atoms with van der Waals surface area (Å²) in [7, 11) is 0. The predicted molar refractivity (Wildman–Crippen MR) is 85.2 cm³/mol. The van der Waals surface area contributed by atoms with Gasteiger partial charge in [0, 0.05) is 11.1 Å². The summed E-state index contributed by atoms with van der Waals surface area (Å²) < 4.78 is 0. The van der Waals surface area contributed by atoms with Gasteiger partial charge in [-0.3, -0.25) is 0 Å². The number of hydrogen-bond acceptors (Lipinski definition) is 2. The van der Waals surface area contributed by atoms with Crippen LogP contribution in [0, 0.1) is 6.92 Å². The predicted octanol–water partition coefficient (Wildman–Crippen LogP) is 4.99. The lowest BCUT2D eigenvalue weighted by Gasteiger charge is -2.19. The molecule has 0 saturated heterocycles. The first-order valence-electron chi connectivity index (χ1n) is 6.70. The Morgan fingerprint density at radius 2 is 2.16 bits per heavy atom. The minimum Gasteiger partial charge on any atom is -0.310 e. The average Bonchev–Trinajstić information content (AvgIpc) is 2.86. The summed E-state index contributed by atoms with van der Waals surface area (Å²) in [5, 5.41) is 8.80. The molecule has 0 radical (unpaired) electrons. The Kier molecular flexibility index (Phi) is 5.44. The molecule has 1 unspecified atom stereocenters. The summed E-state index contributed by atoms with van der Waals surface area (Å²) in [6.07, 6.45) is 2.16. The third kappa shape index (κ3) is 4.34. The van der Waals surface area contributed by atoms with Gasteiger partial charge in [0.1, 0.15) is 0 Å². The van der Waals surface area contributed by atoms with Crippen molar-refractivity contribution < 1.29 is 0 Å². The van der Waals surface area contributed by atoms with Crippen molar-refractivity contribution in [1.29, 1.82) is 0 Å². The molecule has 0 spiro atoms. The van der Waals surface area contributed by atoms with Gasteiger partial charge in [0.2, 0.25) is 0 Å². The van der Waals surface area contributed by atoms with E-state index >= 15 is 0 Å². The van der Waals surface area contributed by atoms with Crippen molar-refractivity contribution in [3.05, 3.63) is 56.7 Å². The zero-order chi connectivity index (χ0) is 13.7. The SMILES string of the molecule is CCCNC(Cc1ccsc1)c1cc(C)cc(Cl)c1. The maximum Gasteiger partial charge on any atom is 0.0411 e. The topological polar surface area (TPSA) is 12.0 Å². The highest BCUT2D eigenvalue weighted by Gasteiger charge is 2.13. The molecule has 1 aromatic carbocycles. The molecular weight excluding hydrogens is 274 g/mol. The van der Waals surface area contributed by atoms with Crippen molar-refractivity contribution in [2.75, 3.05) is 6.54 Å². The Hall–Kier alpha value is -0.830. The molecule has 0 aliphatic rings. The van der Waals surface area contributed by atoms with E-state index in [-0.39, 0.29) is 0 Å². The third-order valence-electron chi connectivity index (χ3n) is 3.13. The van der Waals surface area contributed by atoms with Crippen molar-refractivity contribution in [2.45, 2.75) is 32.7 Å². The molecular formula is C16H20ClNS. The van der Waals surface area contributed by atoms with Crippen LogP contribution in [-0.2, 0) is 6.42 Å². The molecule has 1 nitrogen and oxygen atoms in total. The minimum absolute atomic E-state index is 0.340. The zero-order valence-electron chi connectivity index (χ0n) is 11.4. The van der Waals surface area contributed by atoms with Crippen LogP contribution in [0.5, 0.6) is 0 Å². The number of aryl methyl sites for hydroxylation is 1. The highest BCUT2D eigenvalue weighted by Crippen LogP contribution is 2.24. The van der Waals surface area contributed by atoms with Crippen molar-refractivity contribution in [3.8, 4) is 0 Å². The summed E-state index contributed by atoms with van der Waals surface area (Å²) in [6.45, 7) is 5.31. The van der Waals surface area contributed by atoms with Crippen LogP contribution in [0.3, 0.4) is 0 Å². The van der Waals surface area contributed by atoms with E-state index in [0.29, 0.717) is 6.04 Å². The summed E-state index contributed by atoms with van der Waals surface area (Å²) in [6, 6.07) is 8.85. The standard InChI is InChI=1S/C16H20ClNS/c1-3-5-18-16(9-13-4-6-19-11-13)14-7-12(2)8-15(17)10-14/h4,6-8,10-11,16,18H,3,5,9H2,1-2H3. The monoisotopic (exact) mass is 293 g/mol. The van der Waals surface area contributed by atoms with Crippen molar-refractivity contribution in [2.24, 2.45) is 0 Å². The van der Waals surface area contributed by atoms with E-state index in [9.17, 15) is 0 Å². The number of thiophene rings is 1. The Balaban J connectivity index is 2.20. The van der Waals surface area contributed by atoms with Gasteiger partial charge >= 0.3 is 0 Å². The van der Waals surface area contributed by atoms with Crippen molar-refractivity contribution >= 4 is 22.9 Å². The van der Waals surface area contributed by atoms with Gasteiger partial charge in [0.25, 0.3) is 0 Å². The van der Waals surface area contributed by atoms with Crippen LogP contribution in [0.1, 0.15) is 36.1 Å². The molecule has 0 aliphatic heterocycles. The normalized spacial score (nSPS) is 12.6. The van der Waals surface area contributed by atoms with Gasteiger partial charge in [0.15, 0.2) is 0 Å². The number of benzene rings is 1. The molecule has 0 saturated carbocycles. The summed E-state index contributed by atoms with van der Waals surface area (Å²) in [5.74, 6) is 0. The van der Waals surface area contributed by atoms with Gasteiger partial charge in [-0.25, -0.2) is 0 Å². The molecule has 1 atom stereocenters. The summed E-state index contributed by atoms with van der Waals surface area (Å²) >= 11 is 7.94. The Labute approximate surface area is 124 Å². The summed E-state index contributed by atoms with van der Waals surface area (Å²) in [4.78, 5) is 0. The quantitative estimate of drug-likeness (QED) is 0.791. The molecule has 1 N–H and O–H groups in total. The highest BCUT2D eigenvalue weighted by molar-refractivity contribution is 7.07. The van der Waals surface area contributed by atoms with Crippen LogP contribution < -0.4 is 5.32 Å². The minimum atomic E-state index is 0.340. The number of hydrogen-bond donors (Lipinski definition) is 1. The largest absolute Gasteiger partial charge is 0.310 e. The van der Waals surface area contributed by atoms with Crippen LogP contribution in [0.2, 0.25) is 5.02 Å². The molecule has 102 valence electrons. The third-order valence-corrected chi connectivity index (χ3v) is 4.08. The van der Waals surface area contributed by atoms with E-state index in [0.717, 1.165) is 24.4 Å². The molecule has 2 rings (SSSR count). The van der Waals surface area contributed by atoms with Crippen LogP contribution >= 0.6 is 22.9 Å². The Morgan fingerprint density at radius 3 is 2.79 bits per heavy atom. The van der Waals surface area contributed by atoms with E-state index in [2.05, 4.69) is 48.1 Å². The number of halogens is 1. The van der Waals surface area contributed by atoms with Gasteiger partial charge in [-0.2, -0.15) is 11.3 Å². The lowest BCUT2D eigenvalue weighted by atomic mass is 9.99. The molecule has 0 bridgehead atoms. The zero-order valence-corrected chi connectivity index (χ0v) is 13.0. The van der Waals surface area contributed by atoms with E-state index in [1.54, 1.807) is 11.3 Å². The molecule has 19 heavy (non-hydrogen) atoms.